The van der Waals surface area contributed by atoms with Crippen molar-refractivity contribution in [1.29, 1.82) is 0 Å². The summed E-state index contributed by atoms with van der Waals surface area (Å²) in [6.45, 7) is 7.46. The Morgan fingerprint density at radius 1 is 1.12 bits per heavy atom. The van der Waals surface area contributed by atoms with Crippen molar-refractivity contribution in [3.8, 4) is 0 Å². The number of aryl methyl sites for hydroxylation is 1. The molecule has 1 aliphatic heterocycles. The molecular weight excluding hydrogens is 296 g/mol. The first-order valence-corrected chi connectivity index (χ1v) is 9.75. The molecule has 0 radical (unpaired) electrons. The number of nitrogens with zero attached hydrogens (tertiary/aromatic N) is 1. The third-order valence-electron chi connectivity index (χ3n) is 5.78. The number of rotatable bonds is 7. The van der Waals surface area contributed by atoms with Crippen LogP contribution in [0.1, 0.15) is 57.1 Å². The molecule has 1 saturated carbocycles. The second kappa shape index (κ2) is 8.15. The van der Waals surface area contributed by atoms with E-state index in [0.717, 1.165) is 26.1 Å². The van der Waals surface area contributed by atoms with Crippen LogP contribution in [0, 0.1) is 11.8 Å². The highest BCUT2D eigenvalue weighted by Crippen LogP contribution is 2.31. The third kappa shape index (κ3) is 4.60. The Hall–Kier alpha value is -1.35. The summed E-state index contributed by atoms with van der Waals surface area (Å²) in [7, 11) is 0. The van der Waals surface area contributed by atoms with Crippen molar-refractivity contribution in [2.45, 2.75) is 65.0 Å². The minimum absolute atomic E-state index is 0.364. The molecule has 24 heavy (non-hydrogen) atoms. The second-order valence-corrected chi connectivity index (χ2v) is 7.69. The summed E-state index contributed by atoms with van der Waals surface area (Å²) >= 11 is 0. The van der Waals surface area contributed by atoms with Crippen molar-refractivity contribution in [2.75, 3.05) is 13.1 Å². The molecular formula is C21H32N2O. The summed E-state index contributed by atoms with van der Waals surface area (Å²) in [6.07, 6.45) is 6.58. The van der Waals surface area contributed by atoms with Crippen LogP contribution in [-0.2, 0) is 17.8 Å². The summed E-state index contributed by atoms with van der Waals surface area (Å²) < 4.78 is 0. The maximum Gasteiger partial charge on any atom is 0.223 e. The van der Waals surface area contributed by atoms with E-state index >= 15 is 0 Å². The van der Waals surface area contributed by atoms with Crippen LogP contribution in [0.2, 0.25) is 0 Å². The van der Waals surface area contributed by atoms with E-state index in [1.807, 2.05) is 0 Å². The first-order valence-electron chi connectivity index (χ1n) is 9.75. The average molecular weight is 329 g/mol. The van der Waals surface area contributed by atoms with Crippen molar-refractivity contribution in [3.05, 3.63) is 35.4 Å². The minimum Gasteiger partial charge on any atom is -0.335 e. The van der Waals surface area contributed by atoms with E-state index in [0.29, 0.717) is 30.2 Å². The van der Waals surface area contributed by atoms with Crippen LogP contribution in [0.5, 0.6) is 0 Å². The SMILES string of the molecule is CCc1ccc(CN(C(=O)CC(C)C2CCNCC2)C2CC2)cc1. The monoisotopic (exact) mass is 328 g/mol. The predicted octanol–water partition coefficient (Wildman–Crippen LogP) is 3.77. The molecule has 1 atom stereocenters. The topological polar surface area (TPSA) is 32.3 Å². The smallest absolute Gasteiger partial charge is 0.223 e. The van der Waals surface area contributed by atoms with Crippen LogP contribution in [0.4, 0.5) is 0 Å². The molecule has 3 nitrogen and oxygen atoms in total. The van der Waals surface area contributed by atoms with Crippen LogP contribution < -0.4 is 5.32 Å². The maximum atomic E-state index is 12.9. The average Bonchev–Trinajstić information content (AvgIpc) is 3.45. The summed E-state index contributed by atoms with van der Waals surface area (Å²) in [5.74, 6) is 1.58. The molecule has 0 aromatic heterocycles. The Labute approximate surface area is 146 Å². The van der Waals surface area contributed by atoms with Crippen LogP contribution in [-0.4, -0.2) is 29.9 Å². The van der Waals surface area contributed by atoms with Gasteiger partial charge in [0.2, 0.25) is 5.91 Å². The molecule has 2 fully saturated rings. The molecule has 0 spiro atoms. The van der Waals surface area contributed by atoms with Gasteiger partial charge in [0, 0.05) is 19.0 Å². The summed E-state index contributed by atoms with van der Waals surface area (Å²) in [4.78, 5) is 15.1. The fourth-order valence-electron chi connectivity index (χ4n) is 3.86. The lowest BCUT2D eigenvalue weighted by Gasteiger charge is -2.30. The molecule has 1 saturated heterocycles. The molecule has 3 rings (SSSR count). The molecule has 1 heterocycles. The molecule has 1 N–H and O–H groups in total. The first-order chi connectivity index (χ1) is 11.7. The van der Waals surface area contributed by atoms with Crippen molar-refractivity contribution < 1.29 is 4.79 Å². The normalized spacial score (nSPS) is 19.9. The molecule has 1 aromatic carbocycles. The molecule has 1 aliphatic carbocycles. The van der Waals surface area contributed by atoms with Gasteiger partial charge in [0.1, 0.15) is 0 Å². The second-order valence-electron chi connectivity index (χ2n) is 7.69. The van der Waals surface area contributed by atoms with E-state index in [1.54, 1.807) is 0 Å². The van der Waals surface area contributed by atoms with Crippen molar-refractivity contribution in [1.82, 2.24) is 10.2 Å². The van der Waals surface area contributed by atoms with Crippen molar-refractivity contribution in [2.24, 2.45) is 11.8 Å². The lowest BCUT2D eigenvalue weighted by Crippen LogP contribution is -2.36. The van der Waals surface area contributed by atoms with Crippen LogP contribution >= 0.6 is 0 Å². The number of hydrogen-bond donors (Lipinski definition) is 1. The Balaban J connectivity index is 1.58. The van der Waals surface area contributed by atoms with Gasteiger partial charge in [-0.25, -0.2) is 0 Å². The van der Waals surface area contributed by atoms with Gasteiger partial charge in [-0.1, -0.05) is 38.1 Å². The lowest BCUT2D eigenvalue weighted by molar-refractivity contribution is -0.133. The zero-order valence-corrected chi connectivity index (χ0v) is 15.3. The first kappa shape index (κ1) is 17.5. The highest BCUT2D eigenvalue weighted by molar-refractivity contribution is 5.77. The molecule has 132 valence electrons. The zero-order valence-electron chi connectivity index (χ0n) is 15.3. The van der Waals surface area contributed by atoms with Crippen LogP contribution in [0.15, 0.2) is 24.3 Å². The Bertz CT molecular complexity index is 529. The molecule has 1 aromatic rings. The number of hydrogen-bond acceptors (Lipinski definition) is 2. The van der Waals surface area contributed by atoms with Gasteiger partial charge in [0.15, 0.2) is 0 Å². The summed E-state index contributed by atoms with van der Waals surface area (Å²) in [5.41, 5.74) is 2.63. The number of carbonyl (C=O) groups excluding carboxylic acids is 1. The zero-order chi connectivity index (χ0) is 16.9. The van der Waals surface area contributed by atoms with Gasteiger partial charge in [-0.05, 0) is 68.2 Å². The lowest BCUT2D eigenvalue weighted by atomic mass is 9.84. The van der Waals surface area contributed by atoms with E-state index in [-0.39, 0.29) is 0 Å². The van der Waals surface area contributed by atoms with Gasteiger partial charge in [-0.15, -0.1) is 0 Å². The number of amides is 1. The minimum atomic E-state index is 0.364. The Morgan fingerprint density at radius 3 is 2.33 bits per heavy atom. The highest BCUT2D eigenvalue weighted by Gasteiger charge is 2.33. The number of carbonyl (C=O) groups is 1. The number of nitrogens with one attached hydrogen (secondary N) is 1. The van der Waals surface area contributed by atoms with Crippen LogP contribution in [0.25, 0.3) is 0 Å². The van der Waals surface area contributed by atoms with Crippen molar-refractivity contribution in [3.63, 3.8) is 0 Å². The fraction of sp³-hybridized carbons (Fsp3) is 0.667. The molecule has 2 aliphatic rings. The van der Waals surface area contributed by atoms with E-state index < -0.39 is 0 Å². The van der Waals surface area contributed by atoms with Gasteiger partial charge >= 0.3 is 0 Å². The van der Waals surface area contributed by atoms with E-state index in [9.17, 15) is 4.79 Å². The van der Waals surface area contributed by atoms with Crippen LogP contribution in [0.3, 0.4) is 0 Å². The Morgan fingerprint density at radius 2 is 1.75 bits per heavy atom. The number of piperidine rings is 1. The van der Waals surface area contributed by atoms with E-state index in [4.69, 9.17) is 0 Å². The van der Waals surface area contributed by atoms with Gasteiger partial charge < -0.3 is 10.2 Å². The van der Waals surface area contributed by atoms with Gasteiger partial charge in [-0.2, -0.15) is 0 Å². The highest BCUT2D eigenvalue weighted by atomic mass is 16.2. The van der Waals surface area contributed by atoms with Crippen molar-refractivity contribution >= 4 is 5.91 Å². The predicted molar refractivity (Wildman–Crippen MR) is 98.8 cm³/mol. The molecule has 3 heteroatoms. The van der Waals surface area contributed by atoms with Gasteiger partial charge in [0.25, 0.3) is 0 Å². The molecule has 1 unspecified atom stereocenters. The maximum absolute atomic E-state index is 12.9. The standard InChI is InChI=1S/C21H32N2O/c1-3-17-4-6-18(7-5-17)15-23(20-8-9-20)21(24)14-16(2)19-10-12-22-13-11-19/h4-7,16,19-20,22H,3,8-15H2,1-2H3. The summed E-state index contributed by atoms with van der Waals surface area (Å²) in [6, 6.07) is 9.27. The molecule has 1 amide bonds. The van der Waals surface area contributed by atoms with E-state index in [1.165, 1.54) is 36.8 Å². The van der Waals surface area contributed by atoms with Gasteiger partial charge in [-0.3, -0.25) is 4.79 Å². The number of benzene rings is 1. The van der Waals surface area contributed by atoms with Gasteiger partial charge in [0.05, 0.1) is 0 Å². The summed E-state index contributed by atoms with van der Waals surface area (Å²) in [5, 5.41) is 3.42. The fourth-order valence-corrected chi connectivity index (χ4v) is 3.86. The molecule has 0 bridgehead atoms. The Kier molecular flexibility index (Phi) is 5.94. The largest absolute Gasteiger partial charge is 0.335 e. The quantitative estimate of drug-likeness (QED) is 0.826. The third-order valence-corrected chi connectivity index (χ3v) is 5.78. The van der Waals surface area contributed by atoms with E-state index in [2.05, 4.69) is 48.3 Å².